The van der Waals surface area contributed by atoms with Crippen LogP contribution >= 0.6 is 11.8 Å². The first kappa shape index (κ1) is 18.0. The minimum atomic E-state index is -0.893. The molecule has 1 N–H and O–H groups in total. The SMILES string of the molecule is Cc1ccccc1OCc1nnc(S[C@H](C)C(=O)O)n1-c1ccccc1. The van der Waals surface area contributed by atoms with E-state index >= 15 is 0 Å². The molecule has 0 saturated heterocycles. The van der Waals surface area contributed by atoms with Crippen molar-refractivity contribution >= 4 is 17.7 Å². The monoisotopic (exact) mass is 369 g/mol. The van der Waals surface area contributed by atoms with E-state index in [0.29, 0.717) is 11.0 Å². The lowest BCUT2D eigenvalue weighted by molar-refractivity contribution is -0.136. The standard InChI is InChI=1S/C19H19N3O3S/c1-13-8-6-7-11-16(13)25-12-17-20-21-19(26-14(2)18(23)24)22(17)15-9-4-3-5-10-15/h3-11,14H,12H2,1-2H3,(H,23,24)/t14-/m1/s1. The van der Waals surface area contributed by atoms with Gasteiger partial charge in [0.1, 0.15) is 17.6 Å². The fraction of sp³-hybridized carbons (Fsp3) is 0.211. The fourth-order valence-electron chi connectivity index (χ4n) is 2.38. The van der Waals surface area contributed by atoms with E-state index in [0.717, 1.165) is 28.8 Å². The molecule has 26 heavy (non-hydrogen) atoms. The zero-order valence-electron chi connectivity index (χ0n) is 14.5. The number of para-hydroxylation sites is 2. The van der Waals surface area contributed by atoms with E-state index in [1.54, 1.807) is 6.92 Å². The van der Waals surface area contributed by atoms with Crippen LogP contribution in [0, 0.1) is 6.92 Å². The smallest absolute Gasteiger partial charge is 0.316 e. The van der Waals surface area contributed by atoms with Crippen molar-refractivity contribution in [2.75, 3.05) is 0 Å². The third kappa shape index (κ3) is 4.05. The van der Waals surface area contributed by atoms with Crippen molar-refractivity contribution in [3.05, 3.63) is 66.0 Å². The maximum atomic E-state index is 11.2. The topological polar surface area (TPSA) is 77.2 Å². The lowest BCUT2D eigenvalue weighted by atomic mass is 10.2. The predicted octanol–water partition coefficient (Wildman–Crippen LogP) is 3.72. The molecule has 134 valence electrons. The van der Waals surface area contributed by atoms with Crippen LogP contribution in [0.5, 0.6) is 5.75 Å². The molecule has 0 aliphatic carbocycles. The predicted molar refractivity (Wildman–Crippen MR) is 99.8 cm³/mol. The molecular weight excluding hydrogens is 350 g/mol. The number of hydrogen-bond acceptors (Lipinski definition) is 5. The van der Waals surface area contributed by atoms with Crippen LogP contribution in [0.4, 0.5) is 0 Å². The second-order valence-electron chi connectivity index (χ2n) is 5.72. The van der Waals surface area contributed by atoms with Crippen LogP contribution in [0.15, 0.2) is 59.8 Å². The number of hydrogen-bond donors (Lipinski definition) is 1. The van der Waals surface area contributed by atoms with Crippen LogP contribution in [-0.4, -0.2) is 31.1 Å². The molecule has 1 aromatic heterocycles. The van der Waals surface area contributed by atoms with Crippen molar-refractivity contribution in [2.24, 2.45) is 0 Å². The van der Waals surface area contributed by atoms with E-state index in [9.17, 15) is 9.90 Å². The number of carboxylic acids is 1. The van der Waals surface area contributed by atoms with Gasteiger partial charge < -0.3 is 9.84 Å². The van der Waals surface area contributed by atoms with Crippen LogP contribution in [0.1, 0.15) is 18.3 Å². The fourth-order valence-corrected chi connectivity index (χ4v) is 3.20. The third-order valence-corrected chi connectivity index (χ3v) is 4.83. The van der Waals surface area contributed by atoms with Crippen molar-refractivity contribution in [2.45, 2.75) is 30.9 Å². The molecule has 0 aliphatic heterocycles. The van der Waals surface area contributed by atoms with Gasteiger partial charge in [-0.15, -0.1) is 10.2 Å². The van der Waals surface area contributed by atoms with E-state index in [-0.39, 0.29) is 6.61 Å². The Labute approximate surface area is 155 Å². The molecule has 3 rings (SSSR count). The van der Waals surface area contributed by atoms with Gasteiger partial charge in [0.25, 0.3) is 0 Å². The average Bonchev–Trinajstić information content (AvgIpc) is 3.04. The number of nitrogens with zero attached hydrogens (tertiary/aromatic N) is 3. The van der Waals surface area contributed by atoms with E-state index in [1.165, 1.54) is 0 Å². The van der Waals surface area contributed by atoms with E-state index in [1.807, 2.05) is 66.1 Å². The molecule has 0 fully saturated rings. The number of aromatic nitrogens is 3. The molecule has 0 aliphatic rings. The van der Waals surface area contributed by atoms with Crippen LogP contribution in [0.25, 0.3) is 5.69 Å². The second-order valence-corrected chi connectivity index (χ2v) is 7.03. The second kappa shape index (κ2) is 8.05. The van der Waals surface area contributed by atoms with Gasteiger partial charge in [0.2, 0.25) is 0 Å². The van der Waals surface area contributed by atoms with Gasteiger partial charge in [0.05, 0.1) is 0 Å². The Morgan fingerprint density at radius 1 is 1.15 bits per heavy atom. The van der Waals surface area contributed by atoms with Gasteiger partial charge in [-0.3, -0.25) is 9.36 Å². The Morgan fingerprint density at radius 3 is 2.54 bits per heavy atom. The molecule has 0 spiro atoms. The maximum Gasteiger partial charge on any atom is 0.316 e. The number of rotatable bonds is 7. The van der Waals surface area contributed by atoms with Crippen LogP contribution in [0.2, 0.25) is 0 Å². The molecule has 0 saturated carbocycles. The van der Waals surface area contributed by atoms with Crippen molar-refractivity contribution in [1.82, 2.24) is 14.8 Å². The van der Waals surface area contributed by atoms with E-state index < -0.39 is 11.2 Å². The minimum Gasteiger partial charge on any atom is -0.485 e. The highest BCUT2D eigenvalue weighted by atomic mass is 32.2. The highest BCUT2D eigenvalue weighted by Crippen LogP contribution is 2.26. The highest BCUT2D eigenvalue weighted by Gasteiger charge is 2.20. The molecule has 0 amide bonds. The highest BCUT2D eigenvalue weighted by molar-refractivity contribution is 8.00. The number of aryl methyl sites for hydroxylation is 1. The molecule has 0 unspecified atom stereocenters. The zero-order chi connectivity index (χ0) is 18.5. The summed E-state index contributed by atoms with van der Waals surface area (Å²) in [6, 6.07) is 17.4. The summed E-state index contributed by atoms with van der Waals surface area (Å²) < 4.78 is 7.74. The molecule has 0 bridgehead atoms. The van der Waals surface area contributed by atoms with Gasteiger partial charge in [-0.05, 0) is 37.6 Å². The Balaban J connectivity index is 1.91. The van der Waals surface area contributed by atoms with E-state index in [2.05, 4.69) is 10.2 Å². The summed E-state index contributed by atoms with van der Waals surface area (Å²) in [7, 11) is 0. The lowest BCUT2D eigenvalue weighted by Gasteiger charge is -2.13. The molecule has 1 atom stereocenters. The van der Waals surface area contributed by atoms with Gasteiger partial charge in [-0.1, -0.05) is 48.2 Å². The summed E-state index contributed by atoms with van der Waals surface area (Å²) in [6.07, 6.45) is 0. The van der Waals surface area contributed by atoms with Crippen molar-refractivity contribution < 1.29 is 14.6 Å². The molecule has 2 aromatic carbocycles. The number of carbonyl (C=O) groups is 1. The molecule has 7 heteroatoms. The summed E-state index contributed by atoms with van der Waals surface area (Å²) >= 11 is 1.15. The Hall–Kier alpha value is -2.80. The number of ether oxygens (including phenoxy) is 1. The molecule has 6 nitrogen and oxygen atoms in total. The Bertz CT molecular complexity index is 896. The average molecular weight is 369 g/mol. The Kier molecular flexibility index (Phi) is 5.58. The van der Waals surface area contributed by atoms with E-state index in [4.69, 9.17) is 4.74 Å². The molecule has 3 aromatic rings. The van der Waals surface area contributed by atoms with Gasteiger partial charge in [-0.25, -0.2) is 0 Å². The molecular formula is C19H19N3O3S. The number of thioether (sulfide) groups is 1. The lowest BCUT2D eigenvalue weighted by Crippen LogP contribution is -2.13. The number of aliphatic carboxylic acids is 1. The van der Waals surface area contributed by atoms with Crippen molar-refractivity contribution in [1.29, 1.82) is 0 Å². The minimum absolute atomic E-state index is 0.231. The van der Waals surface area contributed by atoms with Crippen LogP contribution < -0.4 is 4.74 Å². The third-order valence-electron chi connectivity index (χ3n) is 3.80. The Morgan fingerprint density at radius 2 is 1.85 bits per heavy atom. The van der Waals surface area contributed by atoms with Crippen molar-refractivity contribution in [3.63, 3.8) is 0 Å². The normalized spacial score (nSPS) is 11.9. The van der Waals surface area contributed by atoms with Gasteiger partial charge in [0, 0.05) is 5.69 Å². The summed E-state index contributed by atoms with van der Waals surface area (Å²) in [5.74, 6) is 0.498. The summed E-state index contributed by atoms with van der Waals surface area (Å²) in [6.45, 7) is 3.84. The first-order chi connectivity index (χ1) is 12.6. The van der Waals surface area contributed by atoms with Gasteiger partial charge >= 0.3 is 5.97 Å². The van der Waals surface area contributed by atoms with Crippen LogP contribution in [-0.2, 0) is 11.4 Å². The zero-order valence-corrected chi connectivity index (χ0v) is 15.3. The quantitative estimate of drug-likeness (QED) is 0.640. The molecule has 0 radical (unpaired) electrons. The van der Waals surface area contributed by atoms with Crippen molar-refractivity contribution in [3.8, 4) is 11.4 Å². The first-order valence-electron chi connectivity index (χ1n) is 8.14. The summed E-state index contributed by atoms with van der Waals surface area (Å²) in [4.78, 5) is 11.2. The maximum absolute atomic E-state index is 11.2. The summed E-state index contributed by atoms with van der Waals surface area (Å²) in [5, 5.41) is 17.5. The first-order valence-corrected chi connectivity index (χ1v) is 9.02. The summed E-state index contributed by atoms with van der Waals surface area (Å²) in [5.41, 5.74) is 1.90. The largest absolute Gasteiger partial charge is 0.485 e. The van der Waals surface area contributed by atoms with Gasteiger partial charge in [0.15, 0.2) is 11.0 Å². The number of benzene rings is 2. The number of carboxylic acid groups (broad SMARTS) is 1. The molecule has 1 heterocycles. The van der Waals surface area contributed by atoms with Crippen LogP contribution in [0.3, 0.4) is 0 Å². The van der Waals surface area contributed by atoms with Gasteiger partial charge in [-0.2, -0.15) is 0 Å².